The molecule has 1 aromatic carbocycles. The highest BCUT2D eigenvalue weighted by molar-refractivity contribution is 9.11. The van der Waals surface area contributed by atoms with Crippen molar-refractivity contribution in [1.29, 1.82) is 0 Å². The first-order valence-electron chi connectivity index (χ1n) is 5.46. The molecular formula is C11H13Br2NO2S2. The number of hydrogen-bond donors (Lipinski definition) is 0. The third-order valence-corrected chi connectivity index (χ3v) is 7.45. The molecular weight excluding hydrogens is 402 g/mol. The molecule has 0 spiro atoms. The zero-order chi connectivity index (χ0) is 13.3. The summed E-state index contributed by atoms with van der Waals surface area (Å²) in [4.78, 5) is 0.340. The van der Waals surface area contributed by atoms with Gasteiger partial charge in [0.15, 0.2) is 0 Å². The Hall–Kier alpha value is 0.440. The van der Waals surface area contributed by atoms with Gasteiger partial charge in [-0.2, -0.15) is 16.1 Å². The van der Waals surface area contributed by atoms with E-state index in [1.807, 2.05) is 13.0 Å². The van der Waals surface area contributed by atoms with Crippen LogP contribution in [0.3, 0.4) is 0 Å². The molecule has 1 aliphatic heterocycles. The second-order valence-corrected chi connectivity index (χ2v) is 8.89. The minimum absolute atomic E-state index is 0.340. The van der Waals surface area contributed by atoms with Crippen molar-refractivity contribution in [2.45, 2.75) is 11.8 Å². The largest absolute Gasteiger partial charge is 0.244 e. The lowest BCUT2D eigenvalue weighted by Crippen LogP contribution is -2.38. The molecule has 0 aromatic heterocycles. The average Bonchev–Trinajstić information content (AvgIpc) is 2.34. The van der Waals surface area contributed by atoms with E-state index >= 15 is 0 Å². The second-order valence-electron chi connectivity index (χ2n) is 4.05. The Kier molecular flexibility index (Phi) is 4.80. The molecule has 1 heterocycles. The van der Waals surface area contributed by atoms with E-state index in [0.717, 1.165) is 21.5 Å². The Balaban J connectivity index is 2.43. The van der Waals surface area contributed by atoms with E-state index in [1.165, 1.54) is 0 Å². The van der Waals surface area contributed by atoms with Gasteiger partial charge in [0, 0.05) is 33.5 Å². The van der Waals surface area contributed by atoms with Crippen molar-refractivity contribution in [2.75, 3.05) is 24.6 Å². The minimum atomic E-state index is -3.39. The third kappa shape index (κ3) is 2.95. The Bertz CT molecular complexity index is 554. The maximum absolute atomic E-state index is 12.5. The van der Waals surface area contributed by atoms with Gasteiger partial charge in [-0.25, -0.2) is 8.42 Å². The minimum Gasteiger partial charge on any atom is -0.207 e. The summed E-state index contributed by atoms with van der Waals surface area (Å²) in [6.07, 6.45) is 0. The summed E-state index contributed by atoms with van der Waals surface area (Å²) in [7, 11) is -3.39. The molecule has 0 aliphatic carbocycles. The molecule has 0 atom stereocenters. The quantitative estimate of drug-likeness (QED) is 0.745. The van der Waals surface area contributed by atoms with Crippen molar-refractivity contribution in [2.24, 2.45) is 0 Å². The fraction of sp³-hybridized carbons (Fsp3) is 0.455. The zero-order valence-corrected chi connectivity index (χ0v) is 14.6. The highest BCUT2D eigenvalue weighted by Gasteiger charge is 2.28. The number of thioether (sulfide) groups is 1. The van der Waals surface area contributed by atoms with Crippen LogP contribution in [0.4, 0.5) is 0 Å². The first kappa shape index (κ1) is 14.8. The van der Waals surface area contributed by atoms with E-state index in [0.29, 0.717) is 22.5 Å². The number of halogens is 2. The summed E-state index contributed by atoms with van der Waals surface area (Å²) in [5.41, 5.74) is 1.01. The Labute approximate surface area is 129 Å². The highest BCUT2D eigenvalue weighted by atomic mass is 79.9. The number of sulfonamides is 1. The summed E-state index contributed by atoms with van der Waals surface area (Å²) < 4.78 is 28.1. The number of nitrogens with zero attached hydrogens (tertiary/aromatic N) is 1. The van der Waals surface area contributed by atoms with Gasteiger partial charge in [-0.3, -0.25) is 0 Å². The smallest absolute Gasteiger partial charge is 0.207 e. The lowest BCUT2D eigenvalue weighted by atomic mass is 10.2. The van der Waals surface area contributed by atoms with Crippen molar-refractivity contribution >= 4 is 53.6 Å². The van der Waals surface area contributed by atoms with Gasteiger partial charge in [-0.15, -0.1) is 0 Å². The average molecular weight is 415 g/mol. The number of hydrogen-bond acceptors (Lipinski definition) is 3. The van der Waals surface area contributed by atoms with Gasteiger partial charge in [0.05, 0.1) is 4.90 Å². The molecule has 100 valence electrons. The predicted octanol–water partition coefficient (Wildman–Crippen LogP) is 3.26. The van der Waals surface area contributed by atoms with Crippen LogP contribution in [-0.4, -0.2) is 37.3 Å². The first-order chi connectivity index (χ1) is 8.43. The second kappa shape index (κ2) is 5.83. The molecule has 2 rings (SSSR count). The van der Waals surface area contributed by atoms with Gasteiger partial charge in [0.2, 0.25) is 10.0 Å². The van der Waals surface area contributed by atoms with Gasteiger partial charge in [-0.1, -0.05) is 15.9 Å². The van der Waals surface area contributed by atoms with E-state index in [2.05, 4.69) is 31.9 Å². The van der Waals surface area contributed by atoms with Gasteiger partial charge in [0.1, 0.15) is 0 Å². The molecule has 1 fully saturated rings. The molecule has 1 saturated heterocycles. The highest BCUT2D eigenvalue weighted by Crippen LogP contribution is 2.31. The van der Waals surface area contributed by atoms with E-state index < -0.39 is 10.0 Å². The molecule has 0 bridgehead atoms. The predicted molar refractivity (Wildman–Crippen MR) is 82.7 cm³/mol. The molecule has 0 unspecified atom stereocenters. The van der Waals surface area contributed by atoms with Crippen LogP contribution in [0, 0.1) is 6.92 Å². The molecule has 1 aliphatic rings. The number of rotatable bonds is 2. The molecule has 18 heavy (non-hydrogen) atoms. The molecule has 1 aromatic rings. The van der Waals surface area contributed by atoms with Crippen molar-refractivity contribution in [1.82, 2.24) is 4.31 Å². The summed E-state index contributed by atoms with van der Waals surface area (Å²) in [6.45, 7) is 3.11. The molecule has 0 amide bonds. The molecule has 0 saturated carbocycles. The topological polar surface area (TPSA) is 37.4 Å². The molecule has 0 N–H and O–H groups in total. The van der Waals surface area contributed by atoms with Crippen LogP contribution in [0.15, 0.2) is 26.0 Å². The summed E-state index contributed by atoms with van der Waals surface area (Å²) in [5, 5.41) is 0. The van der Waals surface area contributed by atoms with E-state index in [-0.39, 0.29) is 0 Å². The van der Waals surface area contributed by atoms with Crippen molar-refractivity contribution < 1.29 is 8.42 Å². The Morgan fingerprint density at radius 1 is 1.17 bits per heavy atom. The normalized spacial score (nSPS) is 17.9. The molecule has 7 heteroatoms. The molecule has 3 nitrogen and oxygen atoms in total. The third-order valence-electron chi connectivity index (χ3n) is 2.80. The monoisotopic (exact) mass is 413 g/mol. The van der Waals surface area contributed by atoms with Crippen LogP contribution >= 0.6 is 43.6 Å². The number of aryl methyl sites for hydroxylation is 1. The van der Waals surface area contributed by atoms with Gasteiger partial charge >= 0.3 is 0 Å². The summed E-state index contributed by atoms with van der Waals surface area (Å²) in [5.74, 6) is 1.73. The Morgan fingerprint density at radius 3 is 2.39 bits per heavy atom. The maximum atomic E-state index is 12.5. The fourth-order valence-electron chi connectivity index (χ4n) is 1.75. The van der Waals surface area contributed by atoms with E-state index in [9.17, 15) is 8.42 Å². The SMILES string of the molecule is Cc1cc(Br)c(S(=O)(=O)N2CCSCC2)cc1Br. The fourth-order valence-corrected chi connectivity index (χ4v) is 5.97. The maximum Gasteiger partial charge on any atom is 0.244 e. The van der Waals surface area contributed by atoms with Gasteiger partial charge < -0.3 is 0 Å². The van der Waals surface area contributed by atoms with Gasteiger partial charge in [0.25, 0.3) is 0 Å². The first-order valence-corrected chi connectivity index (χ1v) is 9.64. The number of benzene rings is 1. The van der Waals surface area contributed by atoms with Crippen LogP contribution in [0.25, 0.3) is 0 Å². The Morgan fingerprint density at radius 2 is 1.78 bits per heavy atom. The zero-order valence-electron chi connectivity index (χ0n) is 9.82. The summed E-state index contributed by atoms with van der Waals surface area (Å²) in [6, 6.07) is 3.51. The van der Waals surface area contributed by atoms with Crippen molar-refractivity contribution in [3.05, 3.63) is 26.6 Å². The summed E-state index contributed by atoms with van der Waals surface area (Å²) >= 11 is 8.53. The van der Waals surface area contributed by atoms with Crippen LogP contribution < -0.4 is 0 Å². The standard InChI is InChI=1S/C11H13Br2NO2S2/c1-8-6-10(13)11(7-9(8)12)18(15,16)14-2-4-17-5-3-14/h6-7H,2-5H2,1H3. The van der Waals surface area contributed by atoms with Crippen LogP contribution in [0.1, 0.15) is 5.56 Å². The van der Waals surface area contributed by atoms with Gasteiger partial charge in [-0.05, 0) is 40.5 Å². The lowest BCUT2D eigenvalue weighted by molar-refractivity contribution is 0.443. The molecule has 0 radical (unpaired) electrons. The van der Waals surface area contributed by atoms with E-state index in [1.54, 1.807) is 22.1 Å². The van der Waals surface area contributed by atoms with Crippen LogP contribution in [0.5, 0.6) is 0 Å². The van der Waals surface area contributed by atoms with Crippen LogP contribution in [0.2, 0.25) is 0 Å². The van der Waals surface area contributed by atoms with Crippen molar-refractivity contribution in [3.8, 4) is 0 Å². The van der Waals surface area contributed by atoms with Crippen molar-refractivity contribution in [3.63, 3.8) is 0 Å². The van der Waals surface area contributed by atoms with Crippen LogP contribution in [-0.2, 0) is 10.0 Å². The van der Waals surface area contributed by atoms with E-state index in [4.69, 9.17) is 0 Å². The lowest BCUT2D eigenvalue weighted by Gasteiger charge is -2.26.